The number of benzene rings is 2. The first kappa shape index (κ1) is 31.9. The number of carbonyl (C=O) groups is 1. The van der Waals surface area contributed by atoms with Crippen molar-refractivity contribution in [2.24, 2.45) is 0 Å². The molecule has 0 N–H and O–H groups in total. The molecule has 0 heterocycles. The Labute approximate surface area is 233 Å². The zero-order chi connectivity index (χ0) is 27.3. The summed E-state index contributed by atoms with van der Waals surface area (Å²) >= 11 is 0. The van der Waals surface area contributed by atoms with Crippen LogP contribution < -0.4 is 4.74 Å². The molecule has 2 aromatic carbocycles. The molecule has 0 saturated carbocycles. The number of ether oxygens (including phenoxy) is 2. The fourth-order valence-corrected chi connectivity index (χ4v) is 4.84. The average Bonchev–Trinajstić information content (AvgIpc) is 2.94. The van der Waals surface area contributed by atoms with Gasteiger partial charge in [-0.05, 0) is 48.6 Å². The molecule has 2 rings (SSSR count). The number of esters is 1. The maximum absolute atomic E-state index is 12.3. The van der Waals surface area contributed by atoms with E-state index in [9.17, 15) is 4.79 Å². The number of unbranched alkanes of at least 4 members (excludes halogenated alkanes) is 14. The molecular formula is C35H54O3. The van der Waals surface area contributed by atoms with E-state index in [-0.39, 0.29) is 12.1 Å². The van der Waals surface area contributed by atoms with Gasteiger partial charge in [0.15, 0.2) is 0 Å². The van der Waals surface area contributed by atoms with Crippen LogP contribution in [0.5, 0.6) is 5.75 Å². The van der Waals surface area contributed by atoms with E-state index in [1.165, 1.54) is 83.5 Å². The topological polar surface area (TPSA) is 35.5 Å². The highest BCUT2D eigenvalue weighted by Crippen LogP contribution is 2.26. The molecule has 212 valence electrons. The first-order chi connectivity index (χ1) is 18.6. The summed E-state index contributed by atoms with van der Waals surface area (Å²) in [5.41, 5.74) is 3.35. The second kappa shape index (κ2) is 20.6. The van der Waals surface area contributed by atoms with E-state index < -0.39 is 0 Å². The molecule has 3 heteroatoms. The molecule has 0 fully saturated rings. The number of hydrogen-bond donors (Lipinski definition) is 0. The summed E-state index contributed by atoms with van der Waals surface area (Å²) < 4.78 is 11.6. The van der Waals surface area contributed by atoms with Crippen LogP contribution in [-0.4, -0.2) is 12.6 Å². The van der Waals surface area contributed by atoms with E-state index in [2.05, 4.69) is 62.4 Å². The summed E-state index contributed by atoms with van der Waals surface area (Å²) in [4.78, 5) is 12.3. The SMILES string of the molecule is CCCCCCCCCCCCC(=O)OC(C)c1ccc(-c2ccc(OCCCCCCCC)cc2)cc1. The predicted octanol–water partition coefficient (Wildman–Crippen LogP) is 11.0. The Balaban J connectivity index is 1.62. The molecule has 1 atom stereocenters. The van der Waals surface area contributed by atoms with Crippen molar-refractivity contribution in [2.45, 2.75) is 136 Å². The van der Waals surface area contributed by atoms with Crippen LogP contribution in [0.1, 0.15) is 142 Å². The summed E-state index contributed by atoms with van der Waals surface area (Å²) in [5.74, 6) is 0.847. The molecule has 0 aliphatic heterocycles. The Hall–Kier alpha value is -2.29. The van der Waals surface area contributed by atoms with Gasteiger partial charge in [-0.2, -0.15) is 0 Å². The molecular weight excluding hydrogens is 468 g/mol. The predicted molar refractivity (Wildman–Crippen MR) is 162 cm³/mol. The van der Waals surface area contributed by atoms with Crippen molar-refractivity contribution in [2.75, 3.05) is 6.61 Å². The Morgan fingerprint density at radius 1 is 0.605 bits per heavy atom. The molecule has 0 aliphatic rings. The van der Waals surface area contributed by atoms with Crippen molar-refractivity contribution < 1.29 is 14.3 Å². The highest BCUT2D eigenvalue weighted by Gasteiger charge is 2.12. The zero-order valence-electron chi connectivity index (χ0n) is 24.6. The summed E-state index contributed by atoms with van der Waals surface area (Å²) in [6.45, 7) is 7.26. The standard InChI is InChI=1S/C35H54O3/c1-4-6-8-10-12-13-14-15-16-18-20-35(36)38-30(3)31-21-23-32(24-22-31)33-25-27-34(28-26-33)37-29-19-17-11-9-7-5-2/h21-28,30H,4-20,29H2,1-3H3. The highest BCUT2D eigenvalue weighted by molar-refractivity contribution is 5.70. The maximum Gasteiger partial charge on any atom is 0.306 e. The number of rotatable bonds is 22. The molecule has 0 amide bonds. The minimum atomic E-state index is -0.225. The Morgan fingerprint density at radius 3 is 1.58 bits per heavy atom. The highest BCUT2D eigenvalue weighted by atomic mass is 16.5. The van der Waals surface area contributed by atoms with Crippen molar-refractivity contribution in [1.82, 2.24) is 0 Å². The van der Waals surface area contributed by atoms with Crippen molar-refractivity contribution in [3.63, 3.8) is 0 Å². The van der Waals surface area contributed by atoms with Gasteiger partial charge in [-0.1, -0.05) is 140 Å². The third-order valence-corrected chi connectivity index (χ3v) is 7.38. The first-order valence-electron chi connectivity index (χ1n) is 15.7. The lowest BCUT2D eigenvalue weighted by Gasteiger charge is -2.14. The lowest BCUT2D eigenvalue weighted by Crippen LogP contribution is -2.08. The van der Waals surface area contributed by atoms with Crippen LogP contribution in [-0.2, 0) is 9.53 Å². The summed E-state index contributed by atoms with van der Waals surface area (Å²) in [6, 6.07) is 16.7. The monoisotopic (exact) mass is 522 g/mol. The fourth-order valence-electron chi connectivity index (χ4n) is 4.84. The third-order valence-electron chi connectivity index (χ3n) is 7.38. The van der Waals surface area contributed by atoms with Gasteiger partial charge >= 0.3 is 5.97 Å². The molecule has 0 bridgehead atoms. The molecule has 38 heavy (non-hydrogen) atoms. The van der Waals surface area contributed by atoms with Crippen molar-refractivity contribution >= 4 is 5.97 Å². The van der Waals surface area contributed by atoms with E-state index in [4.69, 9.17) is 9.47 Å². The molecule has 0 radical (unpaired) electrons. The molecule has 0 aromatic heterocycles. The van der Waals surface area contributed by atoms with Crippen molar-refractivity contribution in [1.29, 1.82) is 0 Å². The Bertz CT molecular complexity index is 840. The lowest BCUT2D eigenvalue weighted by molar-refractivity contribution is -0.148. The maximum atomic E-state index is 12.3. The van der Waals surface area contributed by atoms with Gasteiger partial charge in [0.1, 0.15) is 11.9 Å². The van der Waals surface area contributed by atoms with Gasteiger partial charge in [-0.25, -0.2) is 0 Å². The van der Waals surface area contributed by atoms with Crippen LogP contribution in [0.2, 0.25) is 0 Å². The molecule has 3 nitrogen and oxygen atoms in total. The first-order valence-corrected chi connectivity index (χ1v) is 15.7. The fraction of sp³-hybridized carbons (Fsp3) is 0.629. The second-order valence-electron chi connectivity index (χ2n) is 10.8. The summed E-state index contributed by atoms with van der Waals surface area (Å²) in [6.07, 6.45) is 20.6. The van der Waals surface area contributed by atoms with E-state index >= 15 is 0 Å². The van der Waals surface area contributed by atoms with Gasteiger partial charge in [0, 0.05) is 6.42 Å². The van der Waals surface area contributed by atoms with Gasteiger partial charge < -0.3 is 9.47 Å². The van der Waals surface area contributed by atoms with Gasteiger partial charge in [-0.3, -0.25) is 4.79 Å². The zero-order valence-corrected chi connectivity index (χ0v) is 24.6. The van der Waals surface area contributed by atoms with E-state index in [0.717, 1.165) is 48.3 Å². The quantitative estimate of drug-likeness (QED) is 0.114. The molecule has 0 aliphatic carbocycles. The largest absolute Gasteiger partial charge is 0.494 e. The Kier molecular flexibility index (Phi) is 17.3. The minimum Gasteiger partial charge on any atom is -0.494 e. The smallest absolute Gasteiger partial charge is 0.306 e. The minimum absolute atomic E-state index is 0.0855. The van der Waals surface area contributed by atoms with E-state index in [1.807, 2.05) is 6.92 Å². The van der Waals surface area contributed by atoms with Crippen molar-refractivity contribution in [3.05, 3.63) is 54.1 Å². The Morgan fingerprint density at radius 2 is 1.05 bits per heavy atom. The van der Waals surface area contributed by atoms with Crippen LogP contribution in [0, 0.1) is 0 Å². The van der Waals surface area contributed by atoms with Crippen LogP contribution in [0.15, 0.2) is 48.5 Å². The van der Waals surface area contributed by atoms with Crippen LogP contribution in [0.25, 0.3) is 11.1 Å². The molecule has 1 unspecified atom stereocenters. The van der Waals surface area contributed by atoms with Crippen LogP contribution in [0.4, 0.5) is 0 Å². The number of hydrogen-bond acceptors (Lipinski definition) is 3. The van der Waals surface area contributed by atoms with Crippen LogP contribution >= 0.6 is 0 Å². The van der Waals surface area contributed by atoms with E-state index in [1.54, 1.807) is 0 Å². The van der Waals surface area contributed by atoms with Crippen molar-refractivity contribution in [3.8, 4) is 16.9 Å². The second-order valence-corrected chi connectivity index (χ2v) is 10.8. The molecule has 2 aromatic rings. The average molecular weight is 523 g/mol. The van der Waals surface area contributed by atoms with Gasteiger partial charge in [0.25, 0.3) is 0 Å². The summed E-state index contributed by atoms with van der Waals surface area (Å²) in [7, 11) is 0. The molecule has 0 spiro atoms. The van der Waals surface area contributed by atoms with Gasteiger partial charge in [0.2, 0.25) is 0 Å². The van der Waals surface area contributed by atoms with Gasteiger partial charge in [0.05, 0.1) is 6.61 Å². The molecule has 0 saturated heterocycles. The van der Waals surface area contributed by atoms with E-state index in [0.29, 0.717) is 6.42 Å². The van der Waals surface area contributed by atoms with Crippen LogP contribution in [0.3, 0.4) is 0 Å². The lowest BCUT2D eigenvalue weighted by atomic mass is 10.0. The number of carbonyl (C=O) groups excluding carboxylic acids is 1. The normalized spacial score (nSPS) is 11.9. The summed E-state index contributed by atoms with van der Waals surface area (Å²) in [5, 5.41) is 0. The van der Waals surface area contributed by atoms with Gasteiger partial charge in [-0.15, -0.1) is 0 Å². The third kappa shape index (κ3) is 14.0.